The third-order valence-corrected chi connectivity index (χ3v) is 2.77. The summed E-state index contributed by atoms with van der Waals surface area (Å²) in [7, 11) is 1.80. The van der Waals surface area contributed by atoms with Crippen molar-refractivity contribution in [3.63, 3.8) is 0 Å². The first-order valence-electron chi connectivity index (χ1n) is 5.27. The highest BCUT2D eigenvalue weighted by atomic mass is 16.3. The lowest BCUT2D eigenvalue weighted by atomic mass is 9.91. The Morgan fingerprint density at radius 1 is 1.41 bits per heavy atom. The highest BCUT2D eigenvalue weighted by Gasteiger charge is 2.28. The number of hydrogen-bond donors (Lipinski definition) is 1. The van der Waals surface area contributed by atoms with E-state index in [4.69, 9.17) is 5.26 Å². The van der Waals surface area contributed by atoms with E-state index in [1.54, 1.807) is 55.2 Å². The standard InChI is InChI=1S/C13H13N3O/c1-13(17,12-6-7-16(2)15-12)11-5-3-4-10(8-11)9-14/h3-8,17H,1-2H3. The minimum atomic E-state index is -1.19. The van der Waals surface area contributed by atoms with Crippen LogP contribution < -0.4 is 0 Å². The second-order valence-corrected chi connectivity index (χ2v) is 4.14. The zero-order chi connectivity index (χ0) is 12.5. The van der Waals surface area contributed by atoms with Gasteiger partial charge in [-0.25, -0.2) is 0 Å². The zero-order valence-corrected chi connectivity index (χ0v) is 9.75. The average Bonchev–Trinajstić information content (AvgIpc) is 2.76. The van der Waals surface area contributed by atoms with Gasteiger partial charge in [-0.2, -0.15) is 10.4 Å². The van der Waals surface area contributed by atoms with Gasteiger partial charge >= 0.3 is 0 Å². The molecular weight excluding hydrogens is 214 g/mol. The van der Waals surface area contributed by atoms with Crippen molar-refractivity contribution in [3.05, 3.63) is 53.3 Å². The minimum Gasteiger partial charge on any atom is -0.379 e. The molecule has 0 saturated heterocycles. The van der Waals surface area contributed by atoms with E-state index in [-0.39, 0.29) is 0 Å². The Morgan fingerprint density at radius 3 is 2.76 bits per heavy atom. The van der Waals surface area contributed by atoms with Gasteiger partial charge in [-0.3, -0.25) is 4.68 Å². The first-order chi connectivity index (χ1) is 8.04. The van der Waals surface area contributed by atoms with Crippen LogP contribution in [-0.4, -0.2) is 14.9 Å². The van der Waals surface area contributed by atoms with E-state index < -0.39 is 5.60 Å². The Balaban J connectivity index is 2.47. The van der Waals surface area contributed by atoms with Crippen molar-refractivity contribution < 1.29 is 5.11 Å². The fourth-order valence-electron chi connectivity index (χ4n) is 1.71. The number of rotatable bonds is 2. The molecule has 1 heterocycles. The van der Waals surface area contributed by atoms with Gasteiger partial charge < -0.3 is 5.11 Å². The molecule has 1 aromatic heterocycles. The first kappa shape index (κ1) is 11.4. The third kappa shape index (κ3) is 2.05. The highest BCUT2D eigenvalue weighted by Crippen LogP contribution is 2.27. The summed E-state index contributed by atoms with van der Waals surface area (Å²) in [5, 5.41) is 23.6. The number of aryl methyl sites for hydroxylation is 1. The highest BCUT2D eigenvalue weighted by molar-refractivity contribution is 5.38. The van der Waals surface area contributed by atoms with Crippen LogP contribution in [-0.2, 0) is 12.6 Å². The van der Waals surface area contributed by atoms with Gasteiger partial charge in [0.1, 0.15) is 5.60 Å². The molecule has 0 amide bonds. The van der Waals surface area contributed by atoms with Crippen molar-refractivity contribution in [3.8, 4) is 6.07 Å². The summed E-state index contributed by atoms with van der Waals surface area (Å²) in [4.78, 5) is 0. The van der Waals surface area contributed by atoms with Crippen molar-refractivity contribution in [2.24, 2.45) is 7.05 Å². The van der Waals surface area contributed by atoms with Gasteiger partial charge in [0, 0.05) is 13.2 Å². The van der Waals surface area contributed by atoms with Gasteiger partial charge in [-0.1, -0.05) is 12.1 Å². The predicted molar refractivity (Wildman–Crippen MR) is 63.0 cm³/mol. The monoisotopic (exact) mass is 227 g/mol. The second-order valence-electron chi connectivity index (χ2n) is 4.14. The molecule has 2 aromatic rings. The first-order valence-corrected chi connectivity index (χ1v) is 5.27. The lowest BCUT2D eigenvalue weighted by molar-refractivity contribution is 0.0967. The summed E-state index contributed by atoms with van der Waals surface area (Å²) in [6, 6.07) is 10.7. The van der Waals surface area contributed by atoms with E-state index in [1.807, 2.05) is 0 Å². The van der Waals surface area contributed by atoms with Crippen LogP contribution in [0.25, 0.3) is 0 Å². The molecular formula is C13H13N3O. The Bertz CT molecular complexity index is 578. The van der Waals surface area contributed by atoms with Gasteiger partial charge in [0.2, 0.25) is 0 Å². The molecule has 0 aliphatic heterocycles. The van der Waals surface area contributed by atoms with Crippen molar-refractivity contribution >= 4 is 0 Å². The summed E-state index contributed by atoms with van der Waals surface area (Å²) in [5.41, 5.74) is 0.567. The maximum Gasteiger partial charge on any atom is 0.130 e. The topological polar surface area (TPSA) is 61.8 Å². The largest absolute Gasteiger partial charge is 0.379 e. The van der Waals surface area contributed by atoms with E-state index in [0.717, 1.165) is 0 Å². The molecule has 2 rings (SSSR count). The molecule has 4 heteroatoms. The fourth-order valence-corrected chi connectivity index (χ4v) is 1.71. The summed E-state index contributed by atoms with van der Waals surface area (Å²) in [6.45, 7) is 1.67. The number of aliphatic hydroxyl groups is 1. The van der Waals surface area contributed by atoms with E-state index in [9.17, 15) is 5.11 Å². The van der Waals surface area contributed by atoms with Gasteiger partial charge in [0.15, 0.2) is 0 Å². The van der Waals surface area contributed by atoms with E-state index in [0.29, 0.717) is 16.8 Å². The van der Waals surface area contributed by atoms with Crippen LogP contribution in [0.2, 0.25) is 0 Å². The molecule has 1 unspecified atom stereocenters. The van der Waals surface area contributed by atoms with Crippen LogP contribution in [0.15, 0.2) is 36.5 Å². The average molecular weight is 227 g/mol. The molecule has 0 fully saturated rings. The summed E-state index contributed by atoms with van der Waals surface area (Å²) < 4.78 is 1.64. The van der Waals surface area contributed by atoms with Gasteiger partial charge in [-0.05, 0) is 30.7 Å². The van der Waals surface area contributed by atoms with Crippen LogP contribution >= 0.6 is 0 Å². The summed E-state index contributed by atoms with van der Waals surface area (Å²) in [6.07, 6.45) is 1.78. The quantitative estimate of drug-likeness (QED) is 0.846. The second kappa shape index (κ2) is 4.04. The van der Waals surface area contributed by atoms with Crippen molar-refractivity contribution in [1.82, 2.24) is 9.78 Å². The molecule has 1 aromatic carbocycles. The summed E-state index contributed by atoms with van der Waals surface area (Å²) >= 11 is 0. The molecule has 0 spiro atoms. The smallest absolute Gasteiger partial charge is 0.130 e. The number of hydrogen-bond acceptors (Lipinski definition) is 3. The van der Waals surface area contributed by atoms with E-state index in [2.05, 4.69) is 11.2 Å². The van der Waals surface area contributed by atoms with Gasteiger partial charge in [0.05, 0.1) is 17.3 Å². The minimum absolute atomic E-state index is 0.527. The van der Waals surface area contributed by atoms with Crippen molar-refractivity contribution in [1.29, 1.82) is 5.26 Å². The normalized spacial score (nSPS) is 14.0. The molecule has 0 aliphatic carbocycles. The molecule has 0 bridgehead atoms. The van der Waals surface area contributed by atoms with Crippen LogP contribution in [0.1, 0.15) is 23.7 Å². The SMILES string of the molecule is Cn1ccc(C(C)(O)c2cccc(C#N)c2)n1. The molecule has 17 heavy (non-hydrogen) atoms. The maximum atomic E-state index is 10.5. The fraction of sp³-hybridized carbons (Fsp3) is 0.231. The lowest BCUT2D eigenvalue weighted by Crippen LogP contribution is -2.23. The number of nitriles is 1. The van der Waals surface area contributed by atoms with E-state index >= 15 is 0 Å². The third-order valence-electron chi connectivity index (χ3n) is 2.77. The van der Waals surface area contributed by atoms with Crippen molar-refractivity contribution in [2.75, 3.05) is 0 Å². The maximum absolute atomic E-state index is 10.5. The van der Waals surface area contributed by atoms with Crippen LogP contribution in [0.5, 0.6) is 0 Å². The van der Waals surface area contributed by atoms with Crippen LogP contribution in [0.4, 0.5) is 0 Å². The molecule has 86 valence electrons. The van der Waals surface area contributed by atoms with Crippen LogP contribution in [0.3, 0.4) is 0 Å². The predicted octanol–water partition coefficient (Wildman–Crippen LogP) is 1.55. The number of benzene rings is 1. The van der Waals surface area contributed by atoms with Gasteiger partial charge in [-0.15, -0.1) is 0 Å². The van der Waals surface area contributed by atoms with Gasteiger partial charge in [0.25, 0.3) is 0 Å². The molecule has 4 nitrogen and oxygen atoms in total. The Hall–Kier alpha value is -2.12. The molecule has 1 atom stereocenters. The Labute approximate surface area is 99.7 Å². The molecule has 1 N–H and O–H groups in total. The Morgan fingerprint density at radius 2 is 2.18 bits per heavy atom. The van der Waals surface area contributed by atoms with E-state index in [1.165, 1.54) is 0 Å². The molecule has 0 saturated carbocycles. The van der Waals surface area contributed by atoms with Crippen molar-refractivity contribution in [2.45, 2.75) is 12.5 Å². The molecule has 0 radical (unpaired) electrons. The number of nitrogens with zero attached hydrogens (tertiary/aromatic N) is 3. The zero-order valence-electron chi connectivity index (χ0n) is 9.75. The number of aromatic nitrogens is 2. The lowest BCUT2D eigenvalue weighted by Gasteiger charge is -2.21. The summed E-state index contributed by atoms with van der Waals surface area (Å²) in [5.74, 6) is 0. The Kier molecular flexibility index (Phi) is 2.70. The van der Waals surface area contributed by atoms with Crippen LogP contribution in [0, 0.1) is 11.3 Å². The molecule has 0 aliphatic rings.